The smallest absolute Gasteiger partial charge is 0.313 e. The maximum absolute atomic E-state index is 11.6. The van der Waals surface area contributed by atoms with Crippen molar-refractivity contribution in [3.63, 3.8) is 0 Å². The third kappa shape index (κ3) is 4.33. The minimum Gasteiger partial charge on any atom is -0.497 e. The van der Waals surface area contributed by atoms with Crippen molar-refractivity contribution in [1.29, 1.82) is 0 Å². The molecular formula is C12H15ClN2O4. The number of benzene rings is 1. The fourth-order valence-electron chi connectivity index (χ4n) is 1.32. The number of methoxy groups -OCH3 is 2. The van der Waals surface area contributed by atoms with E-state index in [1.807, 2.05) is 0 Å². The molecule has 1 rings (SSSR count). The molecule has 0 atom stereocenters. The number of alkyl halides is 1. The zero-order valence-electron chi connectivity index (χ0n) is 10.7. The average molecular weight is 287 g/mol. The monoisotopic (exact) mass is 286 g/mol. The zero-order valence-corrected chi connectivity index (χ0v) is 11.4. The lowest BCUT2D eigenvalue weighted by Crippen LogP contribution is -2.36. The Morgan fingerprint density at radius 3 is 2.53 bits per heavy atom. The van der Waals surface area contributed by atoms with Gasteiger partial charge in [0.15, 0.2) is 0 Å². The van der Waals surface area contributed by atoms with Gasteiger partial charge in [-0.2, -0.15) is 0 Å². The standard InChI is InChI=1S/C12H15ClN2O4/c1-18-8-3-4-9(10(7-8)19-2)15-12(17)11(16)14-6-5-13/h3-4,7H,5-6H2,1-2H3,(H,14,16)(H,15,17). The largest absolute Gasteiger partial charge is 0.497 e. The van der Waals surface area contributed by atoms with Gasteiger partial charge in [0.25, 0.3) is 0 Å². The second-order valence-electron chi connectivity index (χ2n) is 3.47. The molecule has 19 heavy (non-hydrogen) atoms. The van der Waals surface area contributed by atoms with Gasteiger partial charge in [0, 0.05) is 18.5 Å². The summed E-state index contributed by atoms with van der Waals surface area (Å²) in [5.41, 5.74) is 0.384. The summed E-state index contributed by atoms with van der Waals surface area (Å²) in [4.78, 5) is 23.0. The van der Waals surface area contributed by atoms with E-state index in [9.17, 15) is 9.59 Å². The molecule has 2 N–H and O–H groups in total. The van der Waals surface area contributed by atoms with Crippen LogP contribution in [0.1, 0.15) is 0 Å². The molecule has 0 aromatic heterocycles. The molecule has 0 aliphatic heterocycles. The van der Waals surface area contributed by atoms with Crippen LogP contribution in [0.5, 0.6) is 11.5 Å². The topological polar surface area (TPSA) is 76.7 Å². The molecule has 6 nitrogen and oxygen atoms in total. The first kappa shape index (κ1) is 15.1. The van der Waals surface area contributed by atoms with Gasteiger partial charge in [0.1, 0.15) is 11.5 Å². The van der Waals surface area contributed by atoms with Crippen LogP contribution in [0.15, 0.2) is 18.2 Å². The summed E-state index contributed by atoms with van der Waals surface area (Å²) >= 11 is 5.41. The number of hydrogen-bond acceptors (Lipinski definition) is 4. The Morgan fingerprint density at radius 2 is 1.95 bits per heavy atom. The molecule has 0 aliphatic carbocycles. The first-order chi connectivity index (χ1) is 9.12. The fourth-order valence-corrected chi connectivity index (χ4v) is 1.42. The van der Waals surface area contributed by atoms with Crippen molar-refractivity contribution in [1.82, 2.24) is 5.32 Å². The van der Waals surface area contributed by atoms with Crippen molar-refractivity contribution in [3.05, 3.63) is 18.2 Å². The summed E-state index contributed by atoms with van der Waals surface area (Å²) < 4.78 is 10.1. The average Bonchev–Trinajstić information content (AvgIpc) is 2.44. The van der Waals surface area contributed by atoms with E-state index in [-0.39, 0.29) is 12.4 Å². The molecule has 0 aliphatic rings. The van der Waals surface area contributed by atoms with Crippen molar-refractivity contribution in [2.75, 3.05) is 32.0 Å². The van der Waals surface area contributed by atoms with Gasteiger partial charge in [-0.3, -0.25) is 9.59 Å². The van der Waals surface area contributed by atoms with Gasteiger partial charge < -0.3 is 20.1 Å². The van der Waals surface area contributed by atoms with Crippen LogP contribution in [0, 0.1) is 0 Å². The Kier molecular flexibility index (Phi) is 5.95. The van der Waals surface area contributed by atoms with Crippen molar-refractivity contribution >= 4 is 29.1 Å². The molecule has 0 fully saturated rings. The lowest BCUT2D eigenvalue weighted by molar-refractivity contribution is -0.136. The molecule has 2 amide bonds. The first-order valence-corrected chi connectivity index (χ1v) is 6.03. The lowest BCUT2D eigenvalue weighted by atomic mass is 10.2. The molecule has 0 saturated carbocycles. The van der Waals surface area contributed by atoms with E-state index in [0.29, 0.717) is 17.2 Å². The van der Waals surface area contributed by atoms with Crippen molar-refractivity contribution < 1.29 is 19.1 Å². The van der Waals surface area contributed by atoms with Crippen LogP contribution in [-0.4, -0.2) is 38.5 Å². The summed E-state index contributed by atoms with van der Waals surface area (Å²) in [6, 6.07) is 4.84. The molecule has 0 radical (unpaired) electrons. The number of rotatable bonds is 5. The normalized spacial score (nSPS) is 9.63. The highest BCUT2D eigenvalue weighted by molar-refractivity contribution is 6.39. The van der Waals surface area contributed by atoms with E-state index >= 15 is 0 Å². The summed E-state index contributed by atoms with van der Waals surface area (Å²) in [5, 5.41) is 4.81. The van der Waals surface area contributed by atoms with Gasteiger partial charge in [0.2, 0.25) is 0 Å². The molecular weight excluding hydrogens is 272 g/mol. The lowest BCUT2D eigenvalue weighted by Gasteiger charge is -2.11. The second-order valence-corrected chi connectivity index (χ2v) is 3.84. The molecule has 1 aromatic carbocycles. The highest BCUT2D eigenvalue weighted by Gasteiger charge is 2.15. The fraction of sp³-hybridized carbons (Fsp3) is 0.333. The van der Waals surface area contributed by atoms with Crippen LogP contribution in [-0.2, 0) is 9.59 Å². The molecule has 0 saturated heterocycles. The minimum absolute atomic E-state index is 0.230. The number of ether oxygens (including phenoxy) is 2. The van der Waals surface area contributed by atoms with E-state index in [1.165, 1.54) is 14.2 Å². The number of carbonyl (C=O) groups excluding carboxylic acids is 2. The van der Waals surface area contributed by atoms with Gasteiger partial charge in [-0.15, -0.1) is 11.6 Å². The Morgan fingerprint density at radius 1 is 1.21 bits per heavy atom. The van der Waals surface area contributed by atoms with E-state index in [1.54, 1.807) is 18.2 Å². The van der Waals surface area contributed by atoms with Crippen molar-refractivity contribution in [2.45, 2.75) is 0 Å². The van der Waals surface area contributed by atoms with Crippen molar-refractivity contribution in [3.8, 4) is 11.5 Å². The van der Waals surface area contributed by atoms with E-state index in [4.69, 9.17) is 21.1 Å². The van der Waals surface area contributed by atoms with Crippen LogP contribution in [0.4, 0.5) is 5.69 Å². The maximum Gasteiger partial charge on any atom is 0.313 e. The van der Waals surface area contributed by atoms with Gasteiger partial charge in [0.05, 0.1) is 19.9 Å². The molecule has 104 valence electrons. The van der Waals surface area contributed by atoms with E-state index in [2.05, 4.69) is 10.6 Å². The van der Waals surface area contributed by atoms with E-state index in [0.717, 1.165) is 0 Å². The van der Waals surface area contributed by atoms with Crippen LogP contribution in [0.25, 0.3) is 0 Å². The molecule has 1 aromatic rings. The number of carbonyl (C=O) groups is 2. The molecule has 0 bridgehead atoms. The van der Waals surface area contributed by atoms with Gasteiger partial charge >= 0.3 is 11.8 Å². The predicted molar refractivity (Wildman–Crippen MR) is 71.9 cm³/mol. The number of halogens is 1. The molecule has 0 spiro atoms. The maximum atomic E-state index is 11.6. The Labute approximate surface area is 116 Å². The van der Waals surface area contributed by atoms with Crippen LogP contribution < -0.4 is 20.1 Å². The summed E-state index contributed by atoms with van der Waals surface area (Å²) in [6.07, 6.45) is 0. The van der Waals surface area contributed by atoms with Crippen LogP contribution >= 0.6 is 11.6 Å². The van der Waals surface area contributed by atoms with Crippen molar-refractivity contribution in [2.24, 2.45) is 0 Å². The SMILES string of the molecule is COc1ccc(NC(=O)C(=O)NCCCl)c(OC)c1. The second kappa shape index (κ2) is 7.48. The molecule has 0 unspecified atom stereocenters. The predicted octanol–water partition coefficient (Wildman–Crippen LogP) is 0.997. The van der Waals surface area contributed by atoms with Crippen LogP contribution in [0.2, 0.25) is 0 Å². The number of amides is 2. The van der Waals surface area contributed by atoms with Gasteiger partial charge in [-0.1, -0.05) is 0 Å². The summed E-state index contributed by atoms with van der Waals surface area (Å²) in [6.45, 7) is 0.230. The van der Waals surface area contributed by atoms with Gasteiger partial charge in [-0.25, -0.2) is 0 Å². The number of hydrogen-bond donors (Lipinski definition) is 2. The highest BCUT2D eigenvalue weighted by atomic mass is 35.5. The summed E-state index contributed by atoms with van der Waals surface area (Å²) in [7, 11) is 2.98. The third-order valence-corrected chi connectivity index (χ3v) is 2.43. The minimum atomic E-state index is -0.784. The third-order valence-electron chi connectivity index (χ3n) is 2.24. The van der Waals surface area contributed by atoms with Crippen LogP contribution in [0.3, 0.4) is 0 Å². The summed E-state index contributed by atoms with van der Waals surface area (Å²) in [5.74, 6) is -0.309. The Bertz CT molecular complexity index is 465. The Balaban J connectivity index is 2.76. The van der Waals surface area contributed by atoms with E-state index < -0.39 is 11.8 Å². The molecule has 0 heterocycles. The zero-order chi connectivity index (χ0) is 14.3. The Hall–Kier alpha value is -1.95. The molecule has 7 heteroatoms. The quantitative estimate of drug-likeness (QED) is 0.625. The van der Waals surface area contributed by atoms with Gasteiger partial charge in [-0.05, 0) is 12.1 Å². The number of nitrogens with one attached hydrogen (secondary N) is 2. The first-order valence-electron chi connectivity index (χ1n) is 5.49. The highest BCUT2D eigenvalue weighted by Crippen LogP contribution is 2.28. The number of anilines is 1.